The summed E-state index contributed by atoms with van der Waals surface area (Å²) < 4.78 is 16.2. The highest BCUT2D eigenvalue weighted by Gasteiger charge is 2.11. The molecule has 0 saturated carbocycles. The molecule has 0 spiro atoms. The van der Waals surface area contributed by atoms with Crippen LogP contribution >= 0.6 is 0 Å². The van der Waals surface area contributed by atoms with Gasteiger partial charge in [-0.25, -0.2) is 0 Å². The van der Waals surface area contributed by atoms with Gasteiger partial charge in [-0.3, -0.25) is 0 Å². The van der Waals surface area contributed by atoms with E-state index in [0.29, 0.717) is 19.8 Å². The lowest BCUT2D eigenvalue weighted by atomic mass is 10.2. The molecule has 1 aromatic carbocycles. The lowest BCUT2D eigenvalue weighted by Gasteiger charge is -2.19. The minimum Gasteiger partial charge on any atom is -0.486 e. The Balaban J connectivity index is 1.90. The van der Waals surface area contributed by atoms with Crippen molar-refractivity contribution in [2.24, 2.45) is 0 Å². The van der Waals surface area contributed by atoms with E-state index >= 15 is 0 Å². The Morgan fingerprint density at radius 3 is 2.88 bits per heavy atom. The third-order valence-electron chi connectivity index (χ3n) is 2.32. The number of anilines is 1. The van der Waals surface area contributed by atoms with Crippen LogP contribution < -0.4 is 14.8 Å². The van der Waals surface area contributed by atoms with Crippen LogP contribution in [0.25, 0.3) is 0 Å². The molecular weight excluding hydrogens is 206 g/mol. The average molecular weight is 223 g/mol. The largest absolute Gasteiger partial charge is 0.486 e. The maximum Gasteiger partial charge on any atom is 0.163 e. The molecule has 0 fully saturated rings. The van der Waals surface area contributed by atoms with E-state index < -0.39 is 0 Å². The molecule has 4 nitrogen and oxygen atoms in total. The molecule has 2 rings (SSSR count). The molecule has 0 bridgehead atoms. The third kappa shape index (κ3) is 2.79. The zero-order valence-electron chi connectivity index (χ0n) is 9.49. The van der Waals surface area contributed by atoms with Crippen molar-refractivity contribution in [3.63, 3.8) is 0 Å². The smallest absolute Gasteiger partial charge is 0.163 e. The highest BCUT2D eigenvalue weighted by atomic mass is 16.6. The molecule has 0 aromatic heterocycles. The van der Waals surface area contributed by atoms with Crippen LogP contribution in [-0.2, 0) is 4.74 Å². The van der Waals surface area contributed by atoms with Crippen molar-refractivity contribution in [1.82, 2.24) is 0 Å². The van der Waals surface area contributed by atoms with Crippen molar-refractivity contribution in [1.29, 1.82) is 0 Å². The standard InChI is InChI=1S/C12H17NO3/c1-2-14-6-5-13-10-3-4-11-12(9-10)16-8-7-15-11/h3-4,9,13H,2,5-8H2,1H3. The Morgan fingerprint density at radius 1 is 1.25 bits per heavy atom. The number of ether oxygens (including phenoxy) is 3. The summed E-state index contributed by atoms with van der Waals surface area (Å²) in [7, 11) is 0. The van der Waals surface area contributed by atoms with E-state index in [-0.39, 0.29) is 0 Å². The molecule has 4 heteroatoms. The predicted molar refractivity (Wildman–Crippen MR) is 62.4 cm³/mol. The van der Waals surface area contributed by atoms with Crippen LogP contribution in [0.3, 0.4) is 0 Å². The van der Waals surface area contributed by atoms with Gasteiger partial charge in [0.1, 0.15) is 13.2 Å². The zero-order valence-corrected chi connectivity index (χ0v) is 9.49. The second-order valence-corrected chi connectivity index (χ2v) is 3.48. The zero-order chi connectivity index (χ0) is 11.2. The predicted octanol–water partition coefficient (Wildman–Crippen LogP) is 1.91. The van der Waals surface area contributed by atoms with Crippen LogP contribution in [0.2, 0.25) is 0 Å². The second kappa shape index (κ2) is 5.61. The van der Waals surface area contributed by atoms with Gasteiger partial charge in [-0.15, -0.1) is 0 Å². The Bertz CT molecular complexity index is 341. The van der Waals surface area contributed by atoms with Gasteiger partial charge < -0.3 is 19.5 Å². The van der Waals surface area contributed by atoms with Gasteiger partial charge in [0.2, 0.25) is 0 Å². The van der Waals surface area contributed by atoms with Gasteiger partial charge in [0.05, 0.1) is 6.61 Å². The highest BCUT2D eigenvalue weighted by molar-refractivity contribution is 5.55. The molecule has 1 N–H and O–H groups in total. The van der Waals surface area contributed by atoms with Crippen molar-refractivity contribution in [3.05, 3.63) is 18.2 Å². The molecule has 0 unspecified atom stereocenters. The number of nitrogens with one attached hydrogen (secondary N) is 1. The SMILES string of the molecule is CCOCCNc1ccc2c(c1)OCCO2. The molecule has 0 radical (unpaired) electrons. The number of fused-ring (bicyclic) bond motifs is 1. The maximum absolute atomic E-state index is 5.50. The number of benzene rings is 1. The molecule has 1 aromatic rings. The molecule has 1 aliphatic heterocycles. The quantitative estimate of drug-likeness (QED) is 0.774. The molecule has 1 heterocycles. The van der Waals surface area contributed by atoms with E-state index in [0.717, 1.165) is 30.3 Å². The summed E-state index contributed by atoms with van der Waals surface area (Å²) >= 11 is 0. The topological polar surface area (TPSA) is 39.7 Å². The normalized spacial score (nSPS) is 13.6. The summed E-state index contributed by atoms with van der Waals surface area (Å²) in [5.41, 5.74) is 1.03. The van der Waals surface area contributed by atoms with Crippen LogP contribution in [0.4, 0.5) is 5.69 Å². The molecular formula is C12H17NO3. The molecule has 0 saturated heterocycles. The fraction of sp³-hybridized carbons (Fsp3) is 0.500. The molecule has 88 valence electrons. The van der Waals surface area contributed by atoms with Crippen LogP contribution in [0.5, 0.6) is 11.5 Å². The Hall–Kier alpha value is -1.42. The minimum atomic E-state index is 0.620. The van der Waals surface area contributed by atoms with Crippen molar-refractivity contribution in [3.8, 4) is 11.5 Å². The van der Waals surface area contributed by atoms with Crippen molar-refractivity contribution < 1.29 is 14.2 Å². The summed E-state index contributed by atoms with van der Waals surface area (Å²) in [6.45, 7) is 5.50. The molecule has 16 heavy (non-hydrogen) atoms. The van der Waals surface area contributed by atoms with E-state index in [1.165, 1.54) is 0 Å². The third-order valence-corrected chi connectivity index (χ3v) is 2.32. The Kier molecular flexibility index (Phi) is 3.88. The van der Waals surface area contributed by atoms with Gasteiger partial charge >= 0.3 is 0 Å². The van der Waals surface area contributed by atoms with E-state index in [9.17, 15) is 0 Å². The summed E-state index contributed by atoms with van der Waals surface area (Å²) in [5.74, 6) is 1.63. The van der Waals surface area contributed by atoms with Crippen LogP contribution in [0.15, 0.2) is 18.2 Å². The van der Waals surface area contributed by atoms with Crippen molar-refractivity contribution in [2.45, 2.75) is 6.92 Å². The molecule has 0 amide bonds. The Labute approximate surface area is 95.5 Å². The van der Waals surface area contributed by atoms with E-state index in [4.69, 9.17) is 14.2 Å². The van der Waals surface area contributed by atoms with Gasteiger partial charge in [0.15, 0.2) is 11.5 Å². The first kappa shape index (κ1) is 11.1. The van der Waals surface area contributed by atoms with Crippen molar-refractivity contribution in [2.75, 3.05) is 38.3 Å². The van der Waals surface area contributed by atoms with Crippen LogP contribution in [0.1, 0.15) is 6.92 Å². The fourth-order valence-electron chi connectivity index (χ4n) is 1.57. The van der Waals surface area contributed by atoms with E-state index in [1.807, 2.05) is 25.1 Å². The molecule has 1 aliphatic rings. The first-order valence-corrected chi connectivity index (χ1v) is 5.61. The first-order valence-electron chi connectivity index (χ1n) is 5.61. The first-order chi connectivity index (χ1) is 7.90. The summed E-state index contributed by atoms with van der Waals surface area (Å²) in [5, 5.41) is 3.27. The number of rotatable bonds is 5. The van der Waals surface area contributed by atoms with E-state index in [1.54, 1.807) is 0 Å². The second-order valence-electron chi connectivity index (χ2n) is 3.48. The fourth-order valence-corrected chi connectivity index (χ4v) is 1.57. The van der Waals surface area contributed by atoms with E-state index in [2.05, 4.69) is 5.32 Å². The minimum absolute atomic E-state index is 0.620. The number of hydrogen-bond acceptors (Lipinski definition) is 4. The lowest BCUT2D eigenvalue weighted by Crippen LogP contribution is -2.15. The lowest BCUT2D eigenvalue weighted by molar-refractivity contribution is 0.158. The summed E-state index contributed by atoms with van der Waals surface area (Å²) in [6.07, 6.45) is 0. The van der Waals surface area contributed by atoms with Gasteiger partial charge in [-0.1, -0.05) is 0 Å². The average Bonchev–Trinajstić information content (AvgIpc) is 2.34. The molecule has 0 aliphatic carbocycles. The van der Waals surface area contributed by atoms with Gasteiger partial charge in [-0.05, 0) is 19.1 Å². The Morgan fingerprint density at radius 2 is 2.06 bits per heavy atom. The van der Waals surface area contributed by atoms with Gasteiger partial charge in [0, 0.05) is 24.9 Å². The van der Waals surface area contributed by atoms with Crippen molar-refractivity contribution >= 4 is 5.69 Å². The van der Waals surface area contributed by atoms with Gasteiger partial charge in [0.25, 0.3) is 0 Å². The number of hydrogen-bond donors (Lipinski definition) is 1. The summed E-state index contributed by atoms with van der Waals surface area (Å²) in [6, 6.07) is 5.87. The molecule has 0 atom stereocenters. The van der Waals surface area contributed by atoms with Gasteiger partial charge in [-0.2, -0.15) is 0 Å². The van der Waals surface area contributed by atoms with Crippen LogP contribution in [-0.4, -0.2) is 33.0 Å². The monoisotopic (exact) mass is 223 g/mol. The van der Waals surface area contributed by atoms with Crippen LogP contribution in [0, 0.1) is 0 Å². The summed E-state index contributed by atoms with van der Waals surface area (Å²) in [4.78, 5) is 0. The highest BCUT2D eigenvalue weighted by Crippen LogP contribution is 2.32. The maximum atomic E-state index is 5.50.